The van der Waals surface area contributed by atoms with Gasteiger partial charge in [0.25, 0.3) is 0 Å². The van der Waals surface area contributed by atoms with Gasteiger partial charge in [-0.2, -0.15) is 20.1 Å². The number of nitriles is 1. The smallest absolute Gasteiger partial charge is 0.172 e. The summed E-state index contributed by atoms with van der Waals surface area (Å²) in [5.41, 5.74) is 2.27. The van der Waals surface area contributed by atoms with Crippen LogP contribution in [0.1, 0.15) is 43.4 Å². The lowest BCUT2D eigenvalue weighted by Gasteiger charge is -2.36. The lowest BCUT2D eigenvalue weighted by Crippen LogP contribution is -2.46. The number of nitrogens with one attached hydrogen (secondary N) is 1. The van der Waals surface area contributed by atoms with Gasteiger partial charge in [0, 0.05) is 19.3 Å². The lowest BCUT2D eigenvalue weighted by atomic mass is 9.82. The van der Waals surface area contributed by atoms with Gasteiger partial charge in [-0.3, -0.25) is 5.10 Å². The van der Waals surface area contributed by atoms with Crippen molar-refractivity contribution in [1.82, 2.24) is 25.0 Å². The summed E-state index contributed by atoms with van der Waals surface area (Å²) in [6.07, 6.45) is 4.85. The van der Waals surface area contributed by atoms with Gasteiger partial charge in [0.1, 0.15) is 11.9 Å². The van der Waals surface area contributed by atoms with E-state index in [1.54, 1.807) is 10.9 Å². The van der Waals surface area contributed by atoms with Crippen LogP contribution in [0.25, 0.3) is 16.9 Å². The van der Waals surface area contributed by atoms with E-state index in [0.29, 0.717) is 41.1 Å². The van der Waals surface area contributed by atoms with Crippen LogP contribution >= 0.6 is 0 Å². The second-order valence-corrected chi connectivity index (χ2v) is 8.86. The lowest BCUT2D eigenvalue weighted by molar-refractivity contribution is 0.0476. The Balaban J connectivity index is 1.60. The first kappa shape index (κ1) is 18.8. The molecular weight excluding hydrogens is 394 g/mol. The average molecular weight is 419 g/mol. The first-order chi connectivity index (χ1) is 15.2. The molecule has 3 unspecified atom stereocenters. The van der Waals surface area contributed by atoms with Crippen LogP contribution < -0.4 is 4.90 Å². The zero-order chi connectivity index (χ0) is 20.9. The highest BCUT2D eigenvalue weighted by molar-refractivity contribution is 5.88. The van der Waals surface area contributed by atoms with Gasteiger partial charge in [-0.25, -0.2) is 4.98 Å². The summed E-state index contributed by atoms with van der Waals surface area (Å²) in [6, 6.07) is 7.06. The van der Waals surface area contributed by atoms with E-state index in [9.17, 15) is 5.26 Å². The number of H-pyrrole nitrogens is 1. The first-order valence-corrected chi connectivity index (χ1v) is 11.0. The van der Waals surface area contributed by atoms with Crippen molar-refractivity contribution < 1.29 is 9.47 Å². The van der Waals surface area contributed by atoms with Gasteiger partial charge in [-0.15, -0.1) is 0 Å². The van der Waals surface area contributed by atoms with Crippen molar-refractivity contribution in [3.63, 3.8) is 0 Å². The van der Waals surface area contributed by atoms with E-state index in [0.717, 1.165) is 62.5 Å². The minimum atomic E-state index is 0.295. The molecule has 160 valence electrons. The molecule has 1 N–H and O–H groups in total. The Bertz CT molecular complexity index is 1130. The molecule has 2 bridgehead atoms. The number of nitrogens with zero attached hydrogens (tertiary/aromatic N) is 6. The largest absolute Gasteiger partial charge is 0.381 e. The SMILES string of the molecule is C[C@H]1COCCC1c1cc(N2C3CCC2COC3)nc2c1c(C#N)nn2-c1ccn[nH]1. The van der Waals surface area contributed by atoms with Gasteiger partial charge in [-0.1, -0.05) is 6.92 Å². The van der Waals surface area contributed by atoms with Crippen LogP contribution in [-0.4, -0.2) is 63.5 Å². The van der Waals surface area contributed by atoms with Gasteiger partial charge in [0.15, 0.2) is 17.2 Å². The standard InChI is InChI=1S/C22H25N7O2/c1-13-10-30-7-5-16(13)17-8-20(28-14-2-3-15(28)12-31-11-14)25-22-21(17)18(9-23)27-29(22)19-4-6-24-26-19/h4,6,8,13-16H,2-3,5,7,10-12H2,1H3,(H,24,26)/t13-,14?,15?,16?/m0/s1. The Morgan fingerprint density at radius 1 is 1.16 bits per heavy atom. The van der Waals surface area contributed by atoms with Gasteiger partial charge < -0.3 is 14.4 Å². The van der Waals surface area contributed by atoms with Crippen molar-refractivity contribution in [1.29, 1.82) is 5.26 Å². The molecule has 6 heterocycles. The van der Waals surface area contributed by atoms with E-state index in [4.69, 9.17) is 14.5 Å². The molecule has 3 fully saturated rings. The van der Waals surface area contributed by atoms with Crippen LogP contribution in [0.2, 0.25) is 0 Å². The first-order valence-electron chi connectivity index (χ1n) is 11.0. The second-order valence-electron chi connectivity index (χ2n) is 8.86. The van der Waals surface area contributed by atoms with Crippen molar-refractivity contribution in [3.05, 3.63) is 29.6 Å². The number of aromatic amines is 1. The van der Waals surface area contributed by atoms with E-state index in [2.05, 4.69) is 39.3 Å². The van der Waals surface area contributed by atoms with Crippen LogP contribution in [0, 0.1) is 17.2 Å². The Labute approximate surface area is 180 Å². The Hall–Kier alpha value is -2.96. The predicted octanol–water partition coefficient (Wildman–Crippen LogP) is 2.52. The quantitative estimate of drug-likeness (QED) is 0.695. The molecule has 0 spiro atoms. The van der Waals surface area contributed by atoms with Crippen LogP contribution in [-0.2, 0) is 9.47 Å². The molecule has 6 rings (SSSR count). The fourth-order valence-electron chi connectivity index (χ4n) is 5.51. The number of morpholine rings is 1. The third-order valence-electron chi connectivity index (χ3n) is 7.02. The van der Waals surface area contributed by atoms with E-state index in [-0.39, 0.29) is 0 Å². The van der Waals surface area contributed by atoms with E-state index in [1.165, 1.54) is 0 Å². The van der Waals surface area contributed by atoms with E-state index < -0.39 is 0 Å². The zero-order valence-corrected chi connectivity index (χ0v) is 17.5. The maximum absolute atomic E-state index is 9.92. The number of anilines is 1. The molecule has 3 aliphatic rings. The number of rotatable bonds is 3. The third kappa shape index (κ3) is 2.93. The van der Waals surface area contributed by atoms with E-state index >= 15 is 0 Å². The molecule has 3 saturated heterocycles. The highest BCUT2D eigenvalue weighted by Crippen LogP contribution is 2.41. The second kappa shape index (κ2) is 7.32. The number of hydrogen-bond donors (Lipinski definition) is 1. The van der Waals surface area contributed by atoms with Gasteiger partial charge in [0.05, 0.1) is 36.9 Å². The van der Waals surface area contributed by atoms with Gasteiger partial charge in [0.2, 0.25) is 0 Å². The normalized spacial score (nSPS) is 28.2. The zero-order valence-electron chi connectivity index (χ0n) is 17.5. The Morgan fingerprint density at radius 2 is 2.00 bits per heavy atom. The number of hydrogen-bond acceptors (Lipinski definition) is 7. The summed E-state index contributed by atoms with van der Waals surface area (Å²) in [6.45, 7) is 5.15. The van der Waals surface area contributed by atoms with Crippen LogP contribution in [0.3, 0.4) is 0 Å². The highest BCUT2D eigenvalue weighted by Gasteiger charge is 2.39. The monoisotopic (exact) mass is 419 g/mol. The topological polar surface area (TPSA) is 105 Å². The molecule has 0 amide bonds. The minimum Gasteiger partial charge on any atom is -0.381 e. The molecule has 3 aromatic heterocycles. The van der Waals surface area contributed by atoms with Crippen molar-refractivity contribution in [2.45, 2.75) is 44.2 Å². The average Bonchev–Trinajstić information content (AvgIpc) is 3.50. The van der Waals surface area contributed by atoms with Gasteiger partial charge in [-0.05, 0) is 42.7 Å². The summed E-state index contributed by atoms with van der Waals surface area (Å²) >= 11 is 0. The fraction of sp³-hybridized carbons (Fsp3) is 0.545. The van der Waals surface area contributed by atoms with Gasteiger partial charge >= 0.3 is 0 Å². The third-order valence-corrected chi connectivity index (χ3v) is 7.02. The molecule has 31 heavy (non-hydrogen) atoms. The summed E-state index contributed by atoms with van der Waals surface area (Å²) in [4.78, 5) is 7.52. The summed E-state index contributed by atoms with van der Waals surface area (Å²) in [5.74, 6) is 2.31. The Kier molecular flexibility index (Phi) is 4.44. The van der Waals surface area contributed by atoms with Crippen molar-refractivity contribution in [2.24, 2.45) is 5.92 Å². The number of aromatic nitrogens is 5. The predicted molar refractivity (Wildman–Crippen MR) is 113 cm³/mol. The van der Waals surface area contributed by atoms with Crippen molar-refractivity contribution >= 4 is 16.9 Å². The molecule has 3 aromatic rings. The van der Waals surface area contributed by atoms with Crippen molar-refractivity contribution in [2.75, 3.05) is 31.3 Å². The maximum Gasteiger partial charge on any atom is 0.172 e. The molecule has 9 heteroatoms. The number of fused-ring (bicyclic) bond motifs is 3. The molecule has 9 nitrogen and oxygen atoms in total. The Morgan fingerprint density at radius 3 is 2.71 bits per heavy atom. The molecule has 4 atom stereocenters. The molecule has 3 aliphatic heterocycles. The van der Waals surface area contributed by atoms with Crippen molar-refractivity contribution in [3.8, 4) is 11.9 Å². The molecular formula is C22H25N7O2. The molecule has 0 aromatic carbocycles. The molecule has 0 radical (unpaired) electrons. The van der Waals surface area contributed by atoms with E-state index in [1.807, 2.05) is 6.07 Å². The maximum atomic E-state index is 9.92. The van der Waals surface area contributed by atoms with Crippen LogP contribution in [0.4, 0.5) is 5.82 Å². The van der Waals surface area contributed by atoms with Crippen LogP contribution in [0.5, 0.6) is 0 Å². The molecule has 0 saturated carbocycles. The fourth-order valence-corrected chi connectivity index (χ4v) is 5.51. The number of ether oxygens (including phenoxy) is 2. The summed E-state index contributed by atoms with van der Waals surface area (Å²) in [5, 5.41) is 22.4. The summed E-state index contributed by atoms with van der Waals surface area (Å²) in [7, 11) is 0. The highest BCUT2D eigenvalue weighted by atomic mass is 16.5. The minimum absolute atomic E-state index is 0.295. The van der Waals surface area contributed by atoms with Crippen LogP contribution in [0.15, 0.2) is 18.3 Å². The number of pyridine rings is 1. The molecule has 0 aliphatic carbocycles. The summed E-state index contributed by atoms with van der Waals surface area (Å²) < 4.78 is 13.2.